The summed E-state index contributed by atoms with van der Waals surface area (Å²) in [6, 6.07) is 0. The van der Waals surface area contributed by atoms with Crippen LogP contribution in [0.15, 0.2) is 0 Å². The molecule has 0 atom stereocenters. The Kier molecular flexibility index (Phi) is 3.60. The number of amides is 1. The van der Waals surface area contributed by atoms with Gasteiger partial charge in [-0.05, 0) is 32.6 Å². The first kappa shape index (κ1) is 10.8. The zero-order valence-corrected chi connectivity index (χ0v) is 9.16. The summed E-state index contributed by atoms with van der Waals surface area (Å²) in [6.07, 6.45) is 5.06. The van der Waals surface area contributed by atoms with E-state index in [1.165, 1.54) is 25.7 Å². The van der Waals surface area contributed by atoms with E-state index in [9.17, 15) is 4.79 Å². The molecule has 2 nitrogen and oxygen atoms in total. The summed E-state index contributed by atoms with van der Waals surface area (Å²) in [5.74, 6) is 0.633. The molecular formula is C10H18ClNO. The van der Waals surface area contributed by atoms with Crippen LogP contribution in [0.1, 0.15) is 39.5 Å². The fourth-order valence-electron chi connectivity index (χ4n) is 2.14. The van der Waals surface area contributed by atoms with E-state index in [-0.39, 0.29) is 17.3 Å². The zero-order valence-electron chi connectivity index (χ0n) is 8.40. The minimum Gasteiger partial charge on any atom is -0.350 e. The highest BCUT2D eigenvalue weighted by atomic mass is 35.5. The Balaban J connectivity index is 2.48. The van der Waals surface area contributed by atoms with Crippen molar-refractivity contribution in [3.63, 3.8) is 0 Å². The van der Waals surface area contributed by atoms with E-state index >= 15 is 0 Å². The molecule has 0 radical (unpaired) electrons. The second-order valence-corrected chi connectivity index (χ2v) is 4.65. The number of carbonyl (C=O) groups is 1. The number of halogens is 1. The fraction of sp³-hybridized carbons (Fsp3) is 0.900. The van der Waals surface area contributed by atoms with Gasteiger partial charge < -0.3 is 5.32 Å². The van der Waals surface area contributed by atoms with Crippen molar-refractivity contribution in [3.8, 4) is 0 Å². The van der Waals surface area contributed by atoms with Crippen molar-refractivity contribution in [1.29, 1.82) is 0 Å². The lowest BCUT2D eigenvalue weighted by Gasteiger charge is -2.32. The summed E-state index contributed by atoms with van der Waals surface area (Å²) in [5, 5.41) is 2.98. The third-order valence-electron chi connectivity index (χ3n) is 2.96. The molecular weight excluding hydrogens is 186 g/mol. The maximum absolute atomic E-state index is 11.1. The highest BCUT2D eigenvalue weighted by Crippen LogP contribution is 2.33. The number of alkyl halides is 1. The second-order valence-electron chi connectivity index (χ2n) is 4.38. The Hall–Kier alpha value is -0.240. The third kappa shape index (κ3) is 2.87. The first-order valence-electron chi connectivity index (χ1n) is 4.93. The minimum atomic E-state index is -0.0809. The average Bonchev–Trinajstić information content (AvgIpc) is 2.55. The number of nitrogens with one attached hydrogen (secondary N) is 1. The molecule has 3 heteroatoms. The van der Waals surface area contributed by atoms with E-state index in [4.69, 9.17) is 11.6 Å². The number of hydrogen-bond donors (Lipinski definition) is 1. The molecule has 1 fully saturated rings. The summed E-state index contributed by atoms with van der Waals surface area (Å²) < 4.78 is 0. The van der Waals surface area contributed by atoms with Gasteiger partial charge in [0.15, 0.2) is 0 Å². The molecule has 0 unspecified atom stereocenters. The van der Waals surface area contributed by atoms with E-state index in [2.05, 4.69) is 19.2 Å². The van der Waals surface area contributed by atoms with Gasteiger partial charge in [0.1, 0.15) is 5.88 Å². The van der Waals surface area contributed by atoms with Crippen LogP contribution in [0.25, 0.3) is 0 Å². The predicted octanol–water partition coefficient (Wildman–Crippen LogP) is 2.31. The van der Waals surface area contributed by atoms with Gasteiger partial charge in [-0.15, -0.1) is 11.6 Å². The van der Waals surface area contributed by atoms with Gasteiger partial charge in [0.05, 0.1) is 0 Å². The Morgan fingerprint density at radius 2 is 2.00 bits per heavy atom. The maximum atomic E-state index is 11.1. The summed E-state index contributed by atoms with van der Waals surface area (Å²) >= 11 is 5.45. The van der Waals surface area contributed by atoms with Crippen LogP contribution in [-0.2, 0) is 4.79 Å². The molecule has 0 aliphatic heterocycles. The van der Waals surface area contributed by atoms with Crippen LogP contribution in [0.2, 0.25) is 0 Å². The highest BCUT2D eigenvalue weighted by Gasteiger charge is 2.32. The topological polar surface area (TPSA) is 29.1 Å². The number of hydrogen-bond acceptors (Lipinski definition) is 1. The Labute approximate surface area is 85.0 Å². The molecule has 0 saturated heterocycles. The minimum absolute atomic E-state index is 0.0569. The van der Waals surface area contributed by atoms with Crippen molar-refractivity contribution in [3.05, 3.63) is 0 Å². The van der Waals surface area contributed by atoms with Crippen LogP contribution >= 0.6 is 11.6 Å². The number of carbonyl (C=O) groups excluding carboxylic acids is 1. The van der Waals surface area contributed by atoms with Crippen LogP contribution in [0.4, 0.5) is 0 Å². The molecule has 1 aliphatic rings. The third-order valence-corrected chi connectivity index (χ3v) is 3.20. The molecule has 0 spiro atoms. The molecule has 13 heavy (non-hydrogen) atoms. The molecule has 0 bridgehead atoms. The van der Waals surface area contributed by atoms with E-state index in [0.717, 1.165) is 0 Å². The van der Waals surface area contributed by atoms with Crippen LogP contribution in [0.3, 0.4) is 0 Å². The number of rotatable bonds is 3. The van der Waals surface area contributed by atoms with Gasteiger partial charge >= 0.3 is 0 Å². The van der Waals surface area contributed by atoms with Gasteiger partial charge in [0.2, 0.25) is 5.91 Å². The van der Waals surface area contributed by atoms with Crippen molar-refractivity contribution in [1.82, 2.24) is 5.32 Å². The van der Waals surface area contributed by atoms with E-state index < -0.39 is 0 Å². The molecule has 1 aliphatic carbocycles. The first-order valence-corrected chi connectivity index (χ1v) is 5.46. The summed E-state index contributed by atoms with van der Waals surface area (Å²) in [4.78, 5) is 11.1. The van der Waals surface area contributed by atoms with E-state index in [1.54, 1.807) is 0 Å². The standard InChI is InChI=1S/C10H18ClNO/c1-10(2,12-9(13)7-11)8-5-3-4-6-8/h8H,3-7H2,1-2H3,(H,12,13). The molecule has 1 N–H and O–H groups in total. The summed E-state index contributed by atoms with van der Waals surface area (Å²) in [7, 11) is 0. The monoisotopic (exact) mass is 203 g/mol. The van der Waals surface area contributed by atoms with Gasteiger partial charge in [-0.2, -0.15) is 0 Å². The Bertz CT molecular complexity index is 185. The quantitative estimate of drug-likeness (QED) is 0.701. The molecule has 1 saturated carbocycles. The molecule has 0 aromatic rings. The van der Waals surface area contributed by atoms with Crippen LogP contribution < -0.4 is 5.32 Å². The first-order chi connectivity index (χ1) is 6.06. The smallest absolute Gasteiger partial charge is 0.235 e. The van der Waals surface area contributed by atoms with Gasteiger partial charge in [-0.3, -0.25) is 4.79 Å². The lowest BCUT2D eigenvalue weighted by atomic mass is 9.86. The van der Waals surface area contributed by atoms with Crippen molar-refractivity contribution in [2.75, 3.05) is 5.88 Å². The van der Waals surface area contributed by atoms with Gasteiger partial charge in [0, 0.05) is 5.54 Å². The molecule has 0 aromatic carbocycles. The largest absolute Gasteiger partial charge is 0.350 e. The van der Waals surface area contributed by atoms with Crippen LogP contribution in [0.5, 0.6) is 0 Å². The SMILES string of the molecule is CC(C)(NC(=O)CCl)C1CCCC1. The van der Waals surface area contributed by atoms with Crippen molar-refractivity contribution < 1.29 is 4.79 Å². The lowest BCUT2D eigenvalue weighted by molar-refractivity contribution is -0.120. The normalized spacial score (nSPS) is 19.0. The molecule has 1 amide bonds. The predicted molar refractivity (Wildman–Crippen MR) is 54.9 cm³/mol. The highest BCUT2D eigenvalue weighted by molar-refractivity contribution is 6.27. The van der Waals surface area contributed by atoms with Gasteiger partial charge in [0.25, 0.3) is 0 Å². The zero-order chi connectivity index (χ0) is 9.90. The van der Waals surface area contributed by atoms with E-state index in [0.29, 0.717) is 5.92 Å². The van der Waals surface area contributed by atoms with Gasteiger partial charge in [-0.1, -0.05) is 12.8 Å². The second kappa shape index (κ2) is 4.32. The van der Waals surface area contributed by atoms with Crippen LogP contribution in [0, 0.1) is 5.92 Å². The lowest BCUT2D eigenvalue weighted by Crippen LogP contribution is -2.48. The Morgan fingerprint density at radius 3 is 2.46 bits per heavy atom. The summed E-state index contributed by atoms with van der Waals surface area (Å²) in [5.41, 5.74) is -0.0809. The van der Waals surface area contributed by atoms with Crippen molar-refractivity contribution in [2.45, 2.75) is 45.1 Å². The van der Waals surface area contributed by atoms with Crippen LogP contribution in [-0.4, -0.2) is 17.3 Å². The molecule has 0 heterocycles. The van der Waals surface area contributed by atoms with Crippen molar-refractivity contribution in [2.24, 2.45) is 5.92 Å². The summed E-state index contributed by atoms with van der Waals surface area (Å²) in [6.45, 7) is 4.18. The van der Waals surface area contributed by atoms with Gasteiger partial charge in [-0.25, -0.2) is 0 Å². The molecule has 76 valence electrons. The van der Waals surface area contributed by atoms with E-state index in [1.807, 2.05) is 0 Å². The maximum Gasteiger partial charge on any atom is 0.235 e. The molecule has 0 aromatic heterocycles. The fourth-order valence-corrected chi connectivity index (χ4v) is 2.21. The Morgan fingerprint density at radius 1 is 1.46 bits per heavy atom. The average molecular weight is 204 g/mol. The molecule has 1 rings (SSSR count). The van der Waals surface area contributed by atoms with Crippen molar-refractivity contribution >= 4 is 17.5 Å².